The van der Waals surface area contributed by atoms with Crippen LogP contribution in [0.1, 0.15) is 0 Å². The SMILES string of the molecule is Fc1cccc(-n2c3ccccc3c3c(N(c4ccc(-c5ccccc5)cc4)c4cccc5c4c4ccccc4n5-c4ccccc4)cccc32)c1. The molecule has 0 N–H and O–H groups in total. The molecular formula is C48H32FN3. The number of hydrogen-bond donors (Lipinski definition) is 0. The zero-order valence-electron chi connectivity index (χ0n) is 28.2. The molecule has 0 aliphatic rings. The molecular weight excluding hydrogens is 638 g/mol. The van der Waals surface area contributed by atoms with Gasteiger partial charge in [-0.1, -0.05) is 115 Å². The van der Waals surface area contributed by atoms with Crippen LogP contribution in [0.25, 0.3) is 66.1 Å². The molecule has 0 saturated carbocycles. The second-order valence-electron chi connectivity index (χ2n) is 13.1. The third-order valence-electron chi connectivity index (χ3n) is 10.1. The highest BCUT2D eigenvalue weighted by molar-refractivity contribution is 6.20. The largest absolute Gasteiger partial charge is 0.309 e. The maximum atomic E-state index is 14.7. The fourth-order valence-corrected chi connectivity index (χ4v) is 7.96. The normalized spacial score (nSPS) is 11.6. The van der Waals surface area contributed by atoms with Gasteiger partial charge in [0.15, 0.2) is 0 Å². The van der Waals surface area contributed by atoms with Gasteiger partial charge in [-0.15, -0.1) is 0 Å². The fraction of sp³-hybridized carbons (Fsp3) is 0. The number of anilines is 3. The van der Waals surface area contributed by atoms with Crippen LogP contribution in [0.3, 0.4) is 0 Å². The van der Waals surface area contributed by atoms with E-state index in [9.17, 15) is 4.39 Å². The minimum atomic E-state index is -0.263. The van der Waals surface area contributed by atoms with E-state index >= 15 is 0 Å². The van der Waals surface area contributed by atoms with Crippen molar-refractivity contribution in [3.8, 4) is 22.5 Å². The van der Waals surface area contributed by atoms with Crippen molar-refractivity contribution in [2.24, 2.45) is 0 Å². The van der Waals surface area contributed by atoms with Crippen LogP contribution in [0.15, 0.2) is 194 Å². The Morgan fingerprint density at radius 2 is 0.827 bits per heavy atom. The van der Waals surface area contributed by atoms with Gasteiger partial charge in [-0.05, 0) is 90.0 Å². The van der Waals surface area contributed by atoms with Gasteiger partial charge < -0.3 is 14.0 Å². The Morgan fingerprint density at radius 1 is 0.365 bits per heavy atom. The monoisotopic (exact) mass is 669 g/mol. The van der Waals surface area contributed by atoms with E-state index in [0.717, 1.165) is 66.8 Å². The lowest BCUT2D eigenvalue weighted by molar-refractivity contribution is 0.627. The van der Waals surface area contributed by atoms with E-state index < -0.39 is 0 Å². The van der Waals surface area contributed by atoms with Gasteiger partial charge in [-0.25, -0.2) is 4.39 Å². The first-order valence-corrected chi connectivity index (χ1v) is 17.6. The van der Waals surface area contributed by atoms with E-state index in [1.807, 2.05) is 12.1 Å². The van der Waals surface area contributed by atoms with Crippen molar-refractivity contribution in [1.29, 1.82) is 0 Å². The summed E-state index contributed by atoms with van der Waals surface area (Å²) in [4.78, 5) is 2.41. The van der Waals surface area contributed by atoms with Crippen LogP contribution in [0.2, 0.25) is 0 Å². The lowest BCUT2D eigenvalue weighted by atomic mass is 10.0. The minimum Gasteiger partial charge on any atom is -0.309 e. The van der Waals surface area contributed by atoms with Gasteiger partial charge in [0.2, 0.25) is 0 Å². The second-order valence-corrected chi connectivity index (χ2v) is 13.1. The molecule has 0 radical (unpaired) electrons. The van der Waals surface area contributed by atoms with Gasteiger partial charge in [0.1, 0.15) is 5.82 Å². The lowest BCUT2D eigenvalue weighted by Crippen LogP contribution is -2.11. The molecule has 0 spiro atoms. The van der Waals surface area contributed by atoms with Gasteiger partial charge in [-0.2, -0.15) is 0 Å². The number of rotatable bonds is 6. The number of para-hydroxylation sites is 3. The van der Waals surface area contributed by atoms with E-state index in [1.54, 1.807) is 12.1 Å². The van der Waals surface area contributed by atoms with E-state index in [2.05, 4.69) is 178 Å². The van der Waals surface area contributed by atoms with Crippen molar-refractivity contribution >= 4 is 60.7 Å². The van der Waals surface area contributed by atoms with Gasteiger partial charge in [0, 0.05) is 38.6 Å². The Hall–Kier alpha value is -6.91. The van der Waals surface area contributed by atoms with Crippen LogP contribution in [0.4, 0.5) is 21.5 Å². The van der Waals surface area contributed by atoms with Crippen molar-refractivity contribution in [1.82, 2.24) is 9.13 Å². The summed E-state index contributed by atoms with van der Waals surface area (Å²) in [5.74, 6) is -0.263. The average molecular weight is 670 g/mol. The minimum absolute atomic E-state index is 0.263. The van der Waals surface area contributed by atoms with E-state index in [4.69, 9.17) is 0 Å². The highest BCUT2D eigenvalue weighted by atomic mass is 19.1. The quantitative estimate of drug-likeness (QED) is 0.172. The summed E-state index contributed by atoms with van der Waals surface area (Å²) in [6.45, 7) is 0. The fourth-order valence-electron chi connectivity index (χ4n) is 7.96. The van der Waals surface area contributed by atoms with Gasteiger partial charge in [0.25, 0.3) is 0 Å². The van der Waals surface area contributed by atoms with E-state index in [0.29, 0.717) is 0 Å². The first-order chi connectivity index (χ1) is 25.7. The van der Waals surface area contributed by atoms with Crippen LogP contribution in [0.5, 0.6) is 0 Å². The lowest BCUT2D eigenvalue weighted by Gasteiger charge is -2.28. The maximum Gasteiger partial charge on any atom is 0.125 e. The third kappa shape index (κ3) is 4.73. The molecule has 0 fully saturated rings. The van der Waals surface area contributed by atoms with E-state index in [-0.39, 0.29) is 5.82 Å². The Bertz CT molecular complexity index is 2900. The highest BCUT2D eigenvalue weighted by Gasteiger charge is 2.24. The smallest absolute Gasteiger partial charge is 0.125 e. The summed E-state index contributed by atoms with van der Waals surface area (Å²) in [5.41, 5.74) is 11.7. The molecule has 0 saturated heterocycles. The van der Waals surface area contributed by atoms with Crippen molar-refractivity contribution in [2.45, 2.75) is 0 Å². The third-order valence-corrected chi connectivity index (χ3v) is 10.1. The first kappa shape index (κ1) is 30.0. The zero-order chi connectivity index (χ0) is 34.6. The van der Waals surface area contributed by atoms with Gasteiger partial charge >= 0.3 is 0 Å². The van der Waals surface area contributed by atoms with Crippen molar-refractivity contribution in [2.75, 3.05) is 4.90 Å². The molecule has 0 bridgehead atoms. The molecule has 10 aromatic rings. The van der Waals surface area contributed by atoms with Crippen molar-refractivity contribution < 1.29 is 4.39 Å². The molecule has 52 heavy (non-hydrogen) atoms. The zero-order valence-corrected chi connectivity index (χ0v) is 28.2. The number of nitrogens with zero attached hydrogens (tertiary/aromatic N) is 3. The molecule has 2 heterocycles. The molecule has 2 aromatic heterocycles. The highest BCUT2D eigenvalue weighted by Crippen LogP contribution is 2.48. The summed E-state index contributed by atoms with van der Waals surface area (Å²) in [6.07, 6.45) is 0. The Balaban J connectivity index is 1.30. The summed E-state index contributed by atoms with van der Waals surface area (Å²) in [7, 11) is 0. The Labute approximate surface area is 300 Å². The average Bonchev–Trinajstić information content (AvgIpc) is 3.73. The number of fused-ring (bicyclic) bond motifs is 6. The van der Waals surface area contributed by atoms with Gasteiger partial charge in [0.05, 0.1) is 33.4 Å². The Morgan fingerprint density at radius 3 is 1.42 bits per heavy atom. The van der Waals surface area contributed by atoms with Crippen LogP contribution in [-0.2, 0) is 0 Å². The Kier molecular flexibility index (Phi) is 7.00. The molecule has 10 rings (SSSR count). The topological polar surface area (TPSA) is 13.1 Å². The second kappa shape index (κ2) is 12.1. The van der Waals surface area contributed by atoms with Crippen LogP contribution in [-0.4, -0.2) is 9.13 Å². The van der Waals surface area contributed by atoms with Crippen LogP contribution in [0, 0.1) is 5.82 Å². The molecule has 0 aliphatic heterocycles. The first-order valence-electron chi connectivity index (χ1n) is 17.6. The van der Waals surface area contributed by atoms with Gasteiger partial charge in [-0.3, -0.25) is 0 Å². The number of aromatic nitrogens is 2. The van der Waals surface area contributed by atoms with Crippen LogP contribution < -0.4 is 4.90 Å². The summed E-state index contributed by atoms with van der Waals surface area (Å²) in [6, 6.07) is 67.0. The molecule has 8 aromatic carbocycles. The molecule has 246 valence electrons. The number of benzene rings is 8. The maximum absolute atomic E-state index is 14.7. The number of halogens is 1. The summed E-state index contributed by atoms with van der Waals surface area (Å²) in [5, 5.41) is 4.54. The molecule has 3 nitrogen and oxygen atoms in total. The van der Waals surface area contributed by atoms with Crippen molar-refractivity contribution in [3.63, 3.8) is 0 Å². The van der Waals surface area contributed by atoms with Crippen LogP contribution >= 0.6 is 0 Å². The molecule has 0 unspecified atom stereocenters. The predicted octanol–water partition coefficient (Wildman–Crippen LogP) is 13.2. The van der Waals surface area contributed by atoms with Crippen molar-refractivity contribution in [3.05, 3.63) is 200 Å². The molecule has 0 atom stereocenters. The molecule has 4 heteroatoms. The molecule has 0 aliphatic carbocycles. The predicted molar refractivity (Wildman–Crippen MR) is 215 cm³/mol. The number of hydrogen-bond acceptors (Lipinski definition) is 1. The van der Waals surface area contributed by atoms with E-state index in [1.165, 1.54) is 22.4 Å². The standard InChI is InChI=1S/C48H32FN3/c49-35-16-11-19-38(32-35)52-42-23-10-8-21-40(42)48-45(26-13-27-46(48)52)51(37-30-28-34(29-31-37)33-14-3-1-4-15-33)44-25-12-24-43-47(44)39-20-7-9-22-41(39)50(43)36-17-5-2-6-18-36/h1-32H. The molecule has 0 amide bonds. The summed E-state index contributed by atoms with van der Waals surface area (Å²) < 4.78 is 19.3. The summed E-state index contributed by atoms with van der Waals surface area (Å²) >= 11 is 0.